The fourth-order valence-corrected chi connectivity index (χ4v) is 5.66. The van der Waals surface area contributed by atoms with Crippen LogP contribution >= 0.6 is 23.4 Å². The van der Waals surface area contributed by atoms with E-state index in [0.717, 1.165) is 5.56 Å². The Labute approximate surface area is 192 Å². The zero-order valence-electron chi connectivity index (χ0n) is 16.7. The smallest absolute Gasteiger partial charge is 0.330 e. The second kappa shape index (κ2) is 8.91. The number of fused-ring (bicyclic) bond motifs is 1. The molecule has 0 unspecified atom stereocenters. The van der Waals surface area contributed by atoms with Crippen LogP contribution in [0.15, 0.2) is 48.5 Å². The minimum Gasteiger partial charge on any atom is -0.454 e. The van der Waals surface area contributed by atoms with Crippen molar-refractivity contribution in [1.82, 2.24) is 10.2 Å². The lowest BCUT2D eigenvalue weighted by atomic mass is 10.0. The van der Waals surface area contributed by atoms with Crippen LogP contribution in [0.1, 0.15) is 28.8 Å². The van der Waals surface area contributed by atoms with Crippen LogP contribution in [0.5, 0.6) is 0 Å². The van der Waals surface area contributed by atoms with Gasteiger partial charge in [0.2, 0.25) is 5.91 Å². The van der Waals surface area contributed by atoms with E-state index in [2.05, 4.69) is 5.32 Å². The standard InChI is InChI=1S/C22H18ClFN2O5S/c23-15-5-1-13(2-6-15)20(29)25-18(27)11-31-21(30)17-12-32-22(10-9-19(28)26(17)22)14-3-7-16(24)8-4-14/h1-8,17H,9-12H2,(H,25,27,29)/t17-,22-/m1/s1. The Morgan fingerprint density at radius 1 is 1.16 bits per heavy atom. The summed E-state index contributed by atoms with van der Waals surface area (Å²) in [5, 5.41) is 2.58. The van der Waals surface area contributed by atoms with E-state index in [1.165, 1.54) is 53.1 Å². The molecule has 2 aliphatic heterocycles. The molecule has 2 heterocycles. The van der Waals surface area contributed by atoms with Crippen molar-refractivity contribution in [3.63, 3.8) is 0 Å². The normalized spacial score (nSPS) is 21.9. The van der Waals surface area contributed by atoms with Gasteiger partial charge in [-0.25, -0.2) is 9.18 Å². The molecule has 2 aliphatic rings. The Balaban J connectivity index is 1.39. The van der Waals surface area contributed by atoms with Crippen LogP contribution in [0.25, 0.3) is 0 Å². The Morgan fingerprint density at radius 3 is 2.53 bits per heavy atom. The van der Waals surface area contributed by atoms with E-state index >= 15 is 0 Å². The maximum Gasteiger partial charge on any atom is 0.330 e. The SMILES string of the molecule is O=C(COC(=O)[C@H]1CS[C@@]2(c3ccc(F)cc3)CCC(=O)N12)NC(=O)c1ccc(Cl)cc1. The molecule has 7 nitrogen and oxygen atoms in total. The molecule has 2 fully saturated rings. The predicted molar refractivity (Wildman–Crippen MR) is 115 cm³/mol. The quantitative estimate of drug-likeness (QED) is 0.667. The Kier molecular flexibility index (Phi) is 6.21. The number of thioether (sulfide) groups is 1. The summed E-state index contributed by atoms with van der Waals surface area (Å²) in [5.74, 6) is -2.48. The second-order valence-corrected chi connectivity index (χ2v) is 9.11. The zero-order valence-corrected chi connectivity index (χ0v) is 18.2. The molecular weight excluding hydrogens is 459 g/mol. The summed E-state index contributed by atoms with van der Waals surface area (Å²) in [5.41, 5.74) is 0.962. The maximum absolute atomic E-state index is 13.4. The molecule has 32 heavy (non-hydrogen) atoms. The predicted octanol–water partition coefficient (Wildman–Crippen LogP) is 2.87. The minimum atomic E-state index is -0.875. The highest BCUT2D eigenvalue weighted by atomic mass is 35.5. The summed E-state index contributed by atoms with van der Waals surface area (Å²) < 4.78 is 18.5. The van der Waals surface area contributed by atoms with Crippen LogP contribution in [0.4, 0.5) is 4.39 Å². The molecule has 2 atom stereocenters. The van der Waals surface area contributed by atoms with Crippen molar-refractivity contribution < 1.29 is 28.3 Å². The third-order valence-corrected chi connectivity index (χ3v) is 7.25. The van der Waals surface area contributed by atoms with Gasteiger partial charge >= 0.3 is 5.97 Å². The highest BCUT2D eigenvalue weighted by Gasteiger charge is 2.57. The van der Waals surface area contributed by atoms with Crippen molar-refractivity contribution in [1.29, 1.82) is 0 Å². The van der Waals surface area contributed by atoms with Gasteiger partial charge in [0.15, 0.2) is 6.61 Å². The molecule has 0 saturated carbocycles. The van der Waals surface area contributed by atoms with E-state index in [1.54, 1.807) is 12.1 Å². The van der Waals surface area contributed by atoms with Gasteiger partial charge in [0.05, 0.1) is 0 Å². The molecule has 10 heteroatoms. The van der Waals surface area contributed by atoms with Gasteiger partial charge in [-0.05, 0) is 48.4 Å². The average molecular weight is 477 g/mol. The van der Waals surface area contributed by atoms with Crippen LogP contribution in [-0.2, 0) is 24.0 Å². The summed E-state index contributed by atoms with van der Waals surface area (Å²) in [6.07, 6.45) is 0.742. The monoisotopic (exact) mass is 476 g/mol. The summed E-state index contributed by atoms with van der Waals surface area (Å²) in [6.45, 7) is -0.662. The van der Waals surface area contributed by atoms with Crippen LogP contribution in [-0.4, -0.2) is 47.0 Å². The van der Waals surface area contributed by atoms with Gasteiger partial charge in [0, 0.05) is 22.8 Å². The number of benzene rings is 2. The molecule has 3 amide bonds. The summed E-state index contributed by atoms with van der Waals surface area (Å²) in [4.78, 5) is 50.1. The molecule has 166 valence electrons. The third kappa shape index (κ3) is 4.22. The van der Waals surface area contributed by atoms with Gasteiger partial charge in [0.1, 0.15) is 16.7 Å². The molecule has 0 bridgehead atoms. The van der Waals surface area contributed by atoms with Crippen molar-refractivity contribution in [2.75, 3.05) is 12.4 Å². The maximum atomic E-state index is 13.4. The summed E-state index contributed by atoms with van der Waals surface area (Å²) in [7, 11) is 0. The molecule has 2 aromatic carbocycles. The Bertz CT molecular complexity index is 1080. The zero-order chi connectivity index (χ0) is 22.9. The number of hydrogen-bond donors (Lipinski definition) is 1. The molecule has 1 N–H and O–H groups in total. The number of imide groups is 1. The van der Waals surface area contributed by atoms with Crippen molar-refractivity contribution >= 4 is 47.1 Å². The number of halogens is 2. The average Bonchev–Trinajstić information content (AvgIpc) is 3.32. The highest BCUT2D eigenvalue weighted by molar-refractivity contribution is 8.00. The van der Waals surface area contributed by atoms with Gasteiger partial charge in [-0.1, -0.05) is 23.7 Å². The largest absolute Gasteiger partial charge is 0.454 e. The molecule has 0 aliphatic carbocycles. The third-order valence-electron chi connectivity index (χ3n) is 5.40. The first-order valence-electron chi connectivity index (χ1n) is 9.79. The number of nitrogens with zero attached hydrogens (tertiary/aromatic N) is 1. The van der Waals surface area contributed by atoms with E-state index in [4.69, 9.17) is 16.3 Å². The second-order valence-electron chi connectivity index (χ2n) is 7.37. The number of amides is 3. The highest BCUT2D eigenvalue weighted by Crippen LogP contribution is 2.54. The lowest BCUT2D eigenvalue weighted by molar-refractivity contribution is -0.156. The number of ether oxygens (including phenoxy) is 1. The molecule has 2 aromatic rings. The van der Waals surface area contributed by atoms with Gasteiger partial charge in [-0.3, -0.25) is 19.7 Å². The summed E-state index contributed by atoms with van der Waals surface area (Å²) >= 11 is 7.19. The topological polar surface area (TPSA) is 92.8 Å². The van der Waals surface area contributed by atoms with E-state index in [9.17, 15) is 23.6 Å². The van der Waals surface area contributed by atoms with Crippen LogP contribution < -0.4 is 5.32 Å². The van der Waals surface area contributed by atoms with E-state index in [1.807, 2.05) is 0 Å². The van der Waals surface area contributed by atoms with Crippen LogP contribution in [0.3, 0.4) is 0 Å². The first kappa shape index (κ1) is 22.3. The van der Waals surface area contributed by atoms with Gasteiger partial charge in [-0.15, -0.1) is 11.8 Å². The summed E-state index contributed by atoms with van der Waals surface area (Å²) in [6, 6.07) is 10.9. The number of carbonyl (C=O) groups is 4. The fraction of sp³-hybridized carbons (Fsp3) is 0.273. The van der Waals surface area contributed by atoms with Crippen molar-refractivity contribution in [2.24, 2.45) is 0 Å². The number of nitrogens with one attached hydrogen (secondary N) is 1. The van der Waals surface area contributed by atoms with Gasteiger partial charge < -0.3 is 9.64 Å². The number of carbonyl (C=O) groups excluding carboxylic acids is 4. The van der Waals surface area contributed by atoms with E-state index in [0.29, 0.717) is 11.4 Å². The van der Waals surface area contributed by atoms with Crippen molar-refractivity contribution in [3.8, 4) is 0 Å². The number of esters is 1. The van der Waals surface area contributed by atoms with E-state index < -0.39 is 35.3 Å². The molecule has 0 aromatic heterocycles. The van der Waals surface area contributed by atoms with Crippen LogP contribution in [0, 0.1) is 5.82 Å². The fourth-order valence-electron chi connectivity index (χ4n) is 3.90. The molecular formula is C22H18ClFN2O5S. The van der Waals surface area contributed by atoms with Gasteiger partial charge in [0.25, 0.3) is 11.8 Å². The lowest BCUT2D eigenvalue weighted by Crippen LogP contribution is -2.47. The molecule has 0 radical (unpaired) electrons. The minimum absolute atomic E-state index is 0.205. The lowest BCUT2D eigenvalue weighted by Gasteiger charge is -2.33. The molecule has 4 rings (SSSR count). The first-order chi connectivity index (χ1) is 15.3. The first-order valence-corrected chi connectivity index (χ1v) is 11.1. The van der Waals surface area contributed by atoms with E-state index in [-0.39, 0.29) is 29.5 Å². The number of rotatable bonds is 5. The Hall–Kier alpha value is -2.91. The Morgan fingerprint density at radius 2 is 1.84 bits per heavy atom. The molecule has 0 spiro atoms. The van der Waals surface area contributed by atoms with Crippen molar-refractivity contribution in [2.45, 2.75) is 23.8 Å². The van der Waals surface area contributed by atoms with Crippen molar-refractivity contribution in [3.05, 3.63) is 70.5 Å². The van der Waals surface area contributed by atoms with Gasteiger partial charge in [-0.2, -0.15) is 0 Å². The molecule has 2 saturated heterocycles. The van der Waals surface area contributed by atoms with Crippen LogP contribution in [0.2, 0.25) is 5.02 Å². The number of hydrogen-bond acceptors (Lipinski definition) is 6.